The fraction of sp³-hybridized carbons (Fsp3) is 0.222. The smallest absolute Gasteiger partial charge is 0.143 e. The second-order valence-corrected chi connectivity index (χ2v) is 3.67. The number of aromatic amines is 1. The van der Waals surface area contributed by atoms with Crippen LogP contribution in [0.5, 0.6) is 0 Å². The normalized spacial score (nSPS) is 12.6. The van der Waals surface area contributed by atoms with E-state index in [9.17, 15) is 0 Å². The van der Waals surface area contributed by atoms with E-state index in [0.29, 0.717) is 17.3 Å². The molecule has 84 valence electrons. The van der Waals surface area contributed by atoms with Gasteiger partial charge in [-0.1, -0.05) is 11.6 Å². The number of pyridine rings is 1. The van der Waals surface area contributed by atoms with Gasteiger partial charge in [0.05, 0.1) is 11.1 Å². The highest BCUT2D eigenvalue weighted by Crippen LogP contribution is 2.19. The predicted molar refractivity (Wildman–Crippen MR) is 59.4 cm³/mol. The lowest BCUT2D eigenvalue weighted by Crippen LogP contribution is -2.30. The highest BCUT2D eigenvalue weighted by molar-refractivity contribution is 6.31. The fourth-order valence-corrected chi connectivity index (χ4v) is 1.60. The molecule has 0 radical (unpaired) electrons. The average molecular weight is 239 g/mol. The third-order valence-electron chi connectivity index (χ3n) is 2.25. The molecular weight excluding hydrogens is 228 g/mol. The lowest BCUT2D eigenvalue weighted by Gasteiger charge is -2.13. The number of nitrogens with one attached hydrogen (secondary N) is 2. The number of halogens is 1. The Morgan fingerprint density at radius 3 is 3.06 bits per heavy atom. The average Bonchev–Trinajstić information content (AvgIpc) is 2.81. The van der Waals surface area contributed by atoms with Crippen LogP contribution in [-0.2, 0) is 6.42 Å². The molecule has 0 spiro atoms. The Morgan fingerprint density at radius 2 is 2.44 bits per heavy atom. The Kier molecular flexibility index (Phi) is 3.45. The molecule has 7 heteroatoms. The van der Waals surface area contributed by atoms with Crippen LogP contribution in [0, 0.1) is 0 Å². The Morgan fingerprint density at radius 1 is 1.56 bits per heavy atom. The van der Waals surface area contributed by atoms with E-state index in [1.807, 2.05) is 6.07 Å². The summed E-state index contributed by atoms with van der Waals surface area (Å²) in [5.74, 6) is 6.14. The molecule has 2 aromatic heterocycles. The van der Waals surface area contributed by atoms with Gasteiger partial charge in [-0.25, -0.2) is 10.4 Å². The summed E-state index contributed by atoms with van der Waals surface area (Å²) in [5.41, 5.74) is 3.62. The van der Waals surface area contributed by atoms with Gasteiger partial charge in [0.2, 0.25) is 0 Å². The fourth-order valence-electron chi connectivity index (χ4n) is 1.41. The molecule has 16 heavy (non-hydrogen) atoms. The van der Waals surface area contributed by atoms with Crippen molar-refractivity contribution in [2.45, 2.75) is 12.5 Å². The lowest BCUT2D eigenvalue weighted by molar-refractivity contribution is 0.524. The maximum Gasteiger partial charge on any atom is 0.143 e. The Bertz CT molecular complexity index is 443. The van der Waals surface area contributed by atoms with Gasteiger partial charge in [-0.2, -0.15) is 5.10 Å². The molecule has 0 fully saturated rings. The van der Waals surface area contributed by atoms with Crippen LogP contribution in [0.15, 0.2) is 24.8 Å². The summed E-state index contributed by atoms with van der Waals surface area (Å²) < 4.78 is 0. The van der Waals surface area contributed by atoms with Crippen molar-refractivity contribution in [3.8, 4) is 0 Å². The number of nitrogens with two attached hydrogens (primary N) is 1. The van der Waals surface area contributed by atoms with E-state index < -0.39 is 0 Å². The van der Waals surface area contributed by atoms with E-state index in [0.717, 1.165) is 5.56 Å². The minimum atomic E-state index is -0.151. The Balaban J connectivity index is 2.17. The number of aromatic nitrogens is 4. The maximum atomic E-state index is 6.01. The molecule has 0 bridgehead atoms. The lowest BCUT2D eigenvalue weighted by atomic mass is 10.1. The van der Waals surface area contributed by atoms with Crippen LogP contribution in [-0.4, -0.2) is 20.2 Å². The van der Waals surface area contributed by atoms with Crippen LogP contribution in [0.1, 0.15) is 17.4 Å². The van der Waals surface area contributed by atoms with Crippen LogP contribution in [0.4, 0.5) is 0 Å². The summed E-state index contributed by atoms with van der Waals surface area (Å²) in [6.07, 6.45) is 5.35. The number of rotatable bonds is 4. The monoisotopic (exact) mass is 238 g/mol. The quantitative estimate of drug-likeness (QED) is 0.536. The summed E-state index contributed by atoms with van der Waals surface area (Å²) >= 11 is 6.01. The van der Waals surface area contributed by atoms with Gasteiger partial charge in [0.15, 0.2) is 0 Å². The third kappa shape index (κ3) is 2.35. The number of hydrogen-bond donors (Lipinski definition) is 3. The first-order valence-electron chi connectivity index (χ1n) is 4.71. The van der Waals surface area contributed by atoms with Gasteiger partial charge in [-0.15, -0.1) is 0 Å². The first kappa shape index (κ1) is 11.0. The molecule has 0 aliphatic rings. The molecule has 0 saturated carbocycles. The van der Waals surface area contributed by atoms with E-state index >= 15 is 0 Å². The molecule has 0 amide bonds. The maximum absolute atomic E-state index is 6.01. The largest absolute Gasteiger partial charge is 0.271 e. The van der Waals surface area contributed by atoms with Crippen molar-refractivity contribution in [2.75, 3.05) is 0 Å². The van der Waals surface area contributed by atoms with Gasteiger partial charge in [0.1, 0.15) is 12.2 Å². The minimum absolute atomic E-state index is 0.151. The molecule has 0 aromatic carbocycles. The van der Waals surface area contributed by atoms with Gasteiger partial charge in [0, 0.05) is 12.4 Å². The molecular formula is C9H11ClN6. The second-order valence-electron chi connectivity index (χ2n) is 3.26. The van der Waals surface area contributed by atoms with E-state index in [-0.39, 0.29) is 6.04 Å². The zero-order valence-corrected chi connectivity index (χ0v) is 9.15. The highest BCUT2D eigenvalue weighted by atomic mass is 35.5. The zero-order valence-electron chi connectivity index (χ0n) is 8.39. The summed E-state index contributed by atoms with van der Waals surface area (Å²) in [7, 11) is 0. The van der Waals surface area contributed by atoms with Gasteiger partial charge in [-0.3, -0.25) is 15.9 Å². The van der Waals surface area contributed by atoms with E-state index in [4.69, 9.17) is 17.4 Å². The summed E-state index contributed by atoms with van der Waals surface area (Å²) in [5, 5.41) is 7.16. The van der Waals surface area contributed by atoms with Crippen molar-refractivity contribution in [1.29, 1.82) is 0 Å². The van der Waals surface area contributed by atoms with Crippen LogP contribution in [0.2, 0.25) is 5.02 Å². The predicted octanol–water partition coefficient (Wildman–Crippen LogP) is 0.600. The minimum Gasteiger partial charge on any atom is -0.271 e. The van der Waals surface area contributed by atoms with Crippen LogP contribution in [0.25, 0.3) is 0 Å². The van der Waals surface area contributed by atoms with Gasteiger partial charge < -0.3 is 0 Å². The molecule has 6 nitrogen and oxygen atoms in total. The Labute approximate surface area is 97.2 Å². The van der Waals surface area contributed by atoms with Crippen LogP contribution >= 0.6 is 11.6 Å². The molecule has 2 aromatic rings. The van der Waals surface area contributed by atoms with Crippen LogP contribution < -0.4 is 11.3 Å². The standard InChI is InChI=1S/C9H11ClN6/c10-7-4-12-2-1-6(7)3-8(15-11)9-13-5-14-16-9/h1-2,4-5,8,15H,3,11H2,(H,13,14,16). The number of nitrogens with zero attached hydrogens (tertiary/aromatic N) is 3. The molecule has 0 aliphatic carbocycles. The first-order chi connectivity index (χ1) is 7.81. The molecule has 4 N–H and O–H groups in total. The summed E-state index contributed by atoms with van der Waals surface area (Å²) in [6, 6.07) is 1.70. The summed E-state index contributed by atoms with van der Waals surface area (Å²) in [4.78, 5) is 7.97. The van der Waals surface area contributed by atoms with Crippen molar-refractivity contribution in [3.63, 3.8) is 0 Å². The van der Waals surface area contributed by atoms with Crippen LogP contribution in [0.3, 0.4) is 0 Å². The molecule has 0 saturated heterocycles. The van der Waals surface area contributed by atoms with Crippen molar-refractivity contribution in [2.24, 2.45) is 5.84 Å². The van der Waals surface area contributed by atoms with Crippen molar-refractivity contribution in [3.05, 3.63) is 41.2 Å². The van der Waals surface area contributed by atoms with Gasteiger partial charge in [0.25, 0.3) is 0 Å². The summed E-state index contributed by atoms with van der Waals surface area (Å²) in [6.45, 7) is 0. The molecule has 2 rings (SSSR count). The Hall–Kier alpha value is -1.50. The second kappa shape index (κ2) is 5.02. The van der Waals surface area contributed by atoms with Gasteiger partial charge >= 0.3 is 0 Å². The molecule has 0 aliphatic heterocycles. The zero-order chi connectivity index (χ0) is 11.4. The molecule has 1 unspecified atom stereocenters. The first-order valence-corrected chi connectivity index (χ1v) is 5.09. The third-order valence-corrected chi connectivity index (χ3v) is 2.59. The van der Waals surface area contributed by atoms with E-state index in [1.54, 1.807) is 12.4 Å². The SMILES string of the molecule is NNC(Cc1ccncc1Cl)c1ncn[nH]1. The number of H-pyrrole nitrogens is 1. The van der Waals surface area contributed by atoms with E-state index in [2.05, 4.69) is 25.6 Å². The number of hydrogen-bond acceptors (Lipinski definition) is 5. The van der Waals surface area contributed by atoms with E-state index in [1.165, 1.54) is 6.33 Å². The van der Waals surface area contributed by atoms with Crippen molar-refractivity contribution < 1.29 is 0 Å². The van der Waals surface area contributed by atoms with Gasteiger partial charge in [-0.05, 0) is 18.1 Å². The van der Waals surface area contributed by atoms with Crippen molar-refractivity contribution >= 4 is 11.6 Å². The topological polar surface area (TPSA) is 92.5 Å². The molecule has 1 atom stereocenters. The number of hydrazine groups is 1. The van der Waals surface area contributed by atoms with Crippen molar-refractivity contribution in [1.82, 2.24) is 25.6 Å². The molecule has 2 heterocycles. The highest BCUT2D eigenvalue weighted by Gasteiger charge is 2.14.